The first-order valence-corrected chi connectivity index (χ1v) is 8.58. The number of methoxy groups -OCH3 is 2. The van der Waals surface area contributed by atoms with Crippen molar-refractivity contribution in [2.75, 3.05) is 14.2 Å². The van der Waals surface area contributed by atoms with Gasteiger partial charge >= 0.3 is 11.9 Å². The topological polar surface area (TPSA) is 52.6 Å². The molecule has 4 nitrogen and oxygen atoms in total. The molecule has 0 unspecified atom stereocenters. The van der Waals surface area contributed by atoms with Crippen molar-refractivity contribution in [3.63, 3.8) is 0 Å². The third kappa shape index (κ3) is 5.10. The second-order valence-electron chi connectivity index (χ2n) is 5.51. The number of esters is 2. The van der Waals surface area contributed by atoms with E-state index in [0.29, 0.717) is 10.0 Å². The molecule has 0 fully saturated rings. The van der Waals surface area contributed by atoms with Crippen molar-refractivity contribution in [1.29, 1.82) is 0 Å². The molecule has 0 spiro atoms. The molecule has 2 aromatic carbocycles. The smallest absolute Gasteiger partial charge is 0.320 e. The van der Waals surface area contributed by atoms with E-state index in [0.717, 1.165) is 16.7 Å². The van der Waals surface area contributed by atoms with Gasteiger partial charge in [0.25, 0.3) is 0 Å². The van der Waals surface area contributed by atoms with Gasteiger partial charge in [-0.3, -0.25) is 9.59 Å². The first-order chi connectivity index (χ1) is 12.5. The van der Waals surface area contributed by atoms with Crippen molar-refractivity contribution < 1.29 is 19.1 Å². The van der Waals surface area contributed by atoms with Crippen LogP contribution >= 0.6 is 23.2 Å². The number of carbonyl (C=O) groups is 2. The molecule has 0 heterocycles. The molecule has 6 heteroatoms. The van der Waals surface area contributed by atoms with Crippen LogP contribution in [0.1, 0.15) is 16.7 Å². The Kier molecular flexibility index (Phi) is 7.25. The number of rotatable bonds is 6. The van der Waals surface area contributed by atoms with Crippen LogP contribution in [0.15, 0.2) is 42.5 Å². The normalized spacial score (nSPS) is 11.0. The van der Waals surface area contributed by atoms with Crippen LogP contribution < -0.4 is 0 Å². The highest BCUT2D eigenvalue weighted by Gasteiger charge is 2.28. The van der Waals surface area contributed by atoms with Crippen molar-refractivity contribution in [3.8, 4) is 0 Å². The summed E-state index contributed by atoms with van der Waals surface area (Å²) in [6.45, 7) is 0. The van der Waals surface area contributed by atoms with Crippen molar-refractivity contribution in [2.24, 2.45) is 5.92 Å². The molecule has 0 aliphatic heterocycles. The average Bonchev–Trinajstić information content (AvgIpc) is 2.65. The Morgan fingerprint density at radius 3 is 1.96 bits per heavy atom. The highest BCUT2D eigenvalue weighted by molar-refractivity contribution is 6.37. The van der Waals surface area contributed by atoms with E-state index < -0.39 is 17.9 Å². The Hall–Kier alpha value is -2.30. The van der Waals surface area contributed by atoms with Gasteiger partial charge in [-0.2, -0.15) is 0 Å². The van der Waals surface area contributed by atoms with Gasteiger partial charge in [-0.05, 0) is 29.7 Å². The first-order valence-electron chi connectivity index (χ1n) is 7.83. The van der Waals surface area contributed by atoms with Gasteiger partial charge in [0.05, 0.1) is 14.2 Å². The monoisotopic (exact) mass is 392 g/mol. The molecule has 0 saturated heterocycles. The average molecular weight is 393 g/mol. The first kappa shape index (κ1) is 20.0. The summed E-state index contributed by atoms with van der Waals surface area (Å²) in [7, 11) is 2.48. The highest BCUT2D eigenvalue weighted by atomic mass is 35.5. The second kappa shape index (κ2) is 9.41. The van der Waals surface area contributed by atoms with Gasteiger partial charge in [-0.15, -0.1) is 0 Å². The lowest BCUT2D eigenvalue weighted by Crippen LogP contribution is -2.28. The minimum absolute atomic E-state index is 0.208. The van der Waals surface area contributed by atoms with Crippen LogP contribution in [0.5, 0.6) is 0 Å². The summed E-state index contributed by atoms with van der Waals surface area (Å²) in [5, 5.41) is 1.15. The predicted octanol–water partition coefficient (Wildman–Crippen LogP) is 4.67. The van der Waals surface area contributed by atoms with E-state index in [1.54, 1.807) is 18.2 Å². The number of hydrogen-bond donors (Lipinski definition) is 0. The zero-order valence-corrected chi connectivity index (χ0v) is 15.9. The molecular formula is C20H18Cl2O4. The van der Waals surface area contributed by atoms with Crippen molar-refractivity contribution in [1.82, 2.24) is 0 Å². The van der Waals surface area contributed by atoms with E-state index in [1.165, 1.54) is 14.2 Å². The Balaban J connectivity index is 2.14. The Labute approximate surface area is 162 Å². The zero-order chi connectivity index (χ0) is 19.1. The van der Waals surface area contributed by atoms with Crippen LogP contribution in [-0.2, 0) is 25.5 Å². The number of halogens is 2. The van der Waals surface area contributed by atoms with Crippen molar-refractivity contribution in [2.45, 2.75) is 6.42 Å². The predicted molar refractivity (Wildman–Crippen MR) is 103 cm³/mol. The summed E-state index contributed by atoms with van der Waals surface area (Å²) in [5.74, 6) is -2.21. The third-order valence-electron chi connectivity index (χ3n) is 3.83. The van der Waals surface area contributed by atoms with E-state index in [4.69, 9.17) is 23.2 Å². The quantitative estimate of drug-likeness (QED) is 0.407. The SMILES string of the molecule is COC(=O)C(Cc1ccc(/C=C/c2c(Cl)cccc2Cl)cc1)C(=O)OC. The van der Waals surface area contributed by atoms with Crippen LogP contribution in [0.4, 0.5) is 0 Å². The summed E-state index contributed by atoms with van der Waals surface area (Å²) >= 11 is 12.3. The molecule has 2 rings (SSSR count). The maximum absolute atomic E-state index is 11.7. The van der Waals surface area contributed by atoms with E-state index in [2.05, 4.69) is 9.47 Å². The second-order valence-corrected chi connectivity index (χ2v) is 6.33. The standard InChI is InChI=1S/C20H18Cl2O4/c1-25-19(23)16(20(24)26-2)12-14-8-6-13(7-9-14)10-11-15-17(21)4-3-5-18(15)22/h3-11,16H,12H2,1-2H3/b11-10+. The van der Waals surface area contributed by atoms with Crippen LogP contribution in [-0.4, -0.2) is 26.2 Å². The largest absolute Gasteiger partial charge is 0.468 e. The van der Waals surface area contributed by atoms with Gasteiger partial charge < -0.3 is 9.47 Å². The number of hydrogen-bond acceptors (Lipinski definition) is 4. The summed E-state index contributed by atoms with van der Waals surface area (Å²) in [5.41, 5.74) is 2.49. The van der Waals surface area contributed by atoms with Gasteiger partial charge in [0, 0.05) is 15.6 Å². The van der Waals surface area contributed by atoms with Crippen LogP contribution in [0.2, 0.25) is 10.0 Å². The number of benzene rings is 2. The molecule has 0 N–H and O–H groups in total. The molecule has 0 atom stereocenters. The van der Waals surface area contributed by atoms with Crippen LogP contribution in [0.25, 0.3) is 12.2 Å². The molecule has 136 valence electrons. The minimum Gasteiger partial charge on any atom is -0.468 e. The van der Waals surface area contributed by atoms with E-state index >= 15 is 0 Å². The van der Waals surface area contributed by atoms with Crippen LogP contribution in [0, 0.1) is 5.92 Å². The summed E-state index contributed by atoms with van der Waals surface area (Å²) in [6.07, 6.45) is 3.93. The lowest BCUT2D eigenvalue weighted by atomic mass is 9.98. The molecule has 0 saturated carbocycles. The Bertz CT molecular complexity index is 777. The van der Waals surface area contributed by atoms with Gasteiger partial charge in [0.15, 0.2) is 5.92 Å². The molecule has 0 aliphatic rings. The Morgan fingerprint density at radius 1 is 0.923 bits per heavy atom. The van der Waals surface area contributed by atoms with E-state index in [1.807, 2.05) is 36.4 Å². The highest BCUT2D eigenvalue weighted by Crippen LogP contribution is 2.26. The molecular weight excluding hydrogens is 375 g/mol. The Morgan fingerprint density at radius 2 is 1.46 bits per heavy atom. The van der Waals surface area contributed by atoms with Crippen molar-refractivity contribution >= 4 is 47.3 Å². The molecule has 26 heavy (non-hydrogen) atoms. The van der Waals surface area contributed by atoms with E-state index in [-0.39, 0.29) is 6.42 Å². The summed E-state index contributed by atoms with van der Waals surface area (Å²) in [4.78, 5) is 23.5. The maximum Gasteiger partial charge on any atom is 0.320 e. The summed E-state index contributed by atoms with van der Waals surface area (Å²) < 4.78 is 9.33. The molecule has 0 aliphatic carbocycles. The molecule has 0 bridgehead atoms. The molecule has 0 aromatic heterocycles. The number of carbonyl (C=O) groups excluding carboxylic acids is 2. The van der Waals surface area contributed by atoms with Gasteiger partial charge in [-0.1, -0.05) is 65.7 Å². The van der Waals surface area contributed by atoms with Gasteiger partial charge in [0.1, 0.15) is 0 Å². The fraction of sp³-hybridized carbons (Fsp3) is 0.200. The van der Waals surface area contributed by atoms with E-state index in [9.17, 15) is 9.59 Å². The molecule has 2 aromatic rings. The lowest BCUT2D eigenvalue weighted by Gasteiger charge is -2.12. The van der Waals surface area contributed by atoms with Crippen LogP contribution in [0.3, 0.4) is 0 Å². The minimum atomic E-state index is -0.978. The molecule has 0 radical (unpaired) electrons. The molecule has 0 amide bonds. The van der Waals surface area contributed by atoms with Gasteiger partial charge in [0.2, 0.25) is 0 Å². The lowest BCUT2D eigenvalue weighted by molar-refractivity contribution is -0.158. The van der Waals surface area contributed by atoms with Crippen molar-refractivity contribution in [3.05, 3.63) is 69.2 Å². The van der Waals surface area contributed by atoms with Gasteiger partial charge in [-0.25, -0.2) is 0 Å². The third-order valence-corrected chi connectivity index (χ3v) is 4.49. The fourth-order valence-electron chi connectivity index (χ4n) is 2.40. The summed E-state index contributed by atoms with van der Waals surface area (Å²) in [6, 6.07) is 12.8. The number of ether oxygens (including phenoxy) is 2. The maximum atomic E-state index is 11.7. The zero-order valence-electron chi connectivity index (χ0n) is 14.4. The fourth-order valence-corrected chi connectivity index (χ4v) is 2.92.